The Morgan fingerprint density at radius 1 is 0.913 bits per heavy atom. The van der Waals surface area contributed by atoms with Crippen LogP contribution in [0, 0.1) is 0 Å². The first-order chi connectivity index (χ1) is 11.4. The van der Waals surface area contributed by atoms with Crippen LogP contribution in [-0.2, 0) is 5.75 Å². The highest BCUT2D eigenvalue weighted by Crippen LogP contribution is 2.34. The first-order valence-electron chi connectivity index (χ1n) is 7.76. The molecule has 0 atom stereocenters. The monoisotopic (exact) mass is 323 g/mol. The lowest BCUT2D eigenvalue weighted by atomic mass is 10.2. The summed E-state index contributed by atoms with van der Waals surface area (Å²) >= 11 is 1.76. The zero-order valence-corrected chi connectivity index (χ0v) is 13.5. The summed E-state index contributed by atoms with van der Waals surface area (Å²) in [6, 6.07) is 18.6. The van der Waals surface area contributed by atoms with Crippen LogP contribution in [0.4, 0.5) is 0 Å². The number of nitrogens with zero attached hydrogens (tertiary/aromatic N) is 1. The smallest absolute Gasteiger partial charge is 0.162 e. The molecule has 3 nitrogen and oxygen atoms in total. The number of hydrogen-bond donors (Lipinski definition) is 0. The van der Waals surface area contributed by atoms with Gasteiger partial charge in [0.2, 0.25) is 0 Å². The number of thioether (sulfide) groups is 1. The number of benzene rings is 2. The maximum Gasteiger partial charge on any atom is 0.162 e. The molecule has 4 heteroatoms. The van der Waals surface area contributed by atoms with Gasteiger partial charge in [0.05, 0.1) is 24.4 Å². The van der Waals surface area contributed by atoms with E-state index in [0.29, 0.717) is 6.61 Å². The molecule has 1 aliphatic rings. The quantitative estimate of drug-likeness (QED) is 0.655. The molecule has 2 heterocycles. The second-order valence-corrected chi connectivity index (χ2v) is 6.49. The van der Waals surface area contributed by atoms with Crippen molar-refractivity contribution in [3.63, 3.8) is 0 Å². The SMILES string of the molecule is c1ccc2nc(CSc3ccc4c(c3)OCCCO4)ccc2c1. The van der Waals surface area contributed by atoms with Crippen LogP contribution in [0.15, 0.2) is 59.5 Å². The summed E-state index contributed by atoms with van der Waals surface area (Å²) in [5.74, 6) is 2.53. The van der Waals surface area contributed by atoms with E-state index in [-0.39, 0.29) is 0 Å². The fourth-order valence-corrected chi connectivity index (χ4v) is 3.41. The molecule has 2 aromatic carbocycles. The van der Waals surface area contributed by atoms with Crippen LogP contribution >= 0.6 is 11.8 Å². The standard InChI is InChI=1S/C19H17NO2S/c1-2-5-17-14(4-1)6-7-15(20-17)13-23-16-8-9-18-19(12-16)22-11-3-10-21-18/h1-2,4-9,12H,3,10-11,13H2. The van der Waals surface area contributed by atoms with Gasteiger partial charge in [-0.15, -0.1) is 11.8 Å². The largest absolute Gasteiger partial charge is 0.490 e. The number of pyridine rings is 1. The molecular weight excluding hydrogens is 306 g/mol. The van der Waals surface area contributed by atoms with Gasteiger partial charge in [0.25, 0.3) is 0 Å². The Balaban J connectivity index is 1.50. The Kier molecular flexibility index (Phi) is 4.07. The molecule has 116 valence electrons. The van der Waals surface area contributed by atoms with E-state index in [9.17, 15) is 0 Å². The summed E-state index contributed by atoms with van der Waals surface area (Å²) in [5, 5.41) is 1.18. The van der Waals surface area contributed by atoms with Gasteiger partial charge in [0.15, 0.2) is 11.5 Å². The lowest BCUT2D eigenvalue weighted by molar-refractivity contribution is 0.297. The minimum absolute atomic E-state index is 0.716. The normalized spacial score (nSPS) is 13.7. The molecule has 23 heavy (non-hydrogen) atoms. The van der Waals surface area contributed by atoms with Crippen molar-refractivity contribution in [3.8, 4) is 11.5 Å². The van der Waals surface area contributed by atoms with Gasteiger partial charge >= 0.3 is 0 Å². The minimum Gasteiger partial charge on any atom is -0.490 e. The summed E-state index contributed by atoms with van der Waals surface area (Å²) < 4.78 is 11.4. The lowest BCUT2D eigenvalue weighted by Gasteiger charge is -2.09. The van der Waals surface area contributed by atoms with Gasteiger partial charge in [0, 0.05) is 22.5 Å². The molecule has 4 rings (SSSR count). The van der Waals surface area contributed by atoms with Crippen LogP contribution in [0.2, 0.25) is 0 Å². The Morgan fingerprint density at radius 3 is 2.74 bits per heavy atom. The van der Waals surface area contributed by atoms with Gasteiger partial charge in [-0.05, 0) is 30.3 Å². The molecule has 1 aliphatic heterocycles. The molecule has 0 saturated heterocycles. The van der Waals surface area contributed by atoms with Crippen molar-refractivity contribution in [2.75, 3.05) is 13.2 Å². The van der Waals surface area contributed by atoms with Gasteiger partial charge in [-0.1, -0.05) is 24.3 Å². The fourth-order valence-electron chi connectivity index (χ4n) is 2.58. The third kappa shape index (κ3) is 3.27. The Morgan fingerprint density at radius 2 is 1.78 bits per heavy atom. The Hall–Kier alpha value is -2.20. The van der Waals surface area contributed by atoms with Crippen molar-refractivity contribution in [2.45, 2.75) is 17.1 Å². The molecule has 0 fully saturated rings. The maximum absolute atomic E-state index is 5.74. The summed E-state index contributed by atoms with van der Waals surface area (Å²) in [5.41, 5.74) is 2.13. The Bertz CT molecular complexity index is 834. The van der Waals surface area contributed by atoms with Crippen molar-refractivity contribution in [1.82, 2.24) is 4.98 Å². The number of rotatable bonds is 3. The van der Waals surface area contributed by atoms with Gasteiger partial charge in [-0.2, -0.15) is 0 Å². The van der Waals surface area contributed by atoms with Crippen LogP contribution in [0.25, 0.3) is 10.9 Å². The van der Waals surface area contributed by atoms with E-state index >= 15 is 0 Å². The number of ether oxygens (including phenoxy) is 2. The average molecular weight is 323 g/mol. The van der Waals surface area contributed by atoms with Crippen molar-refractivity contribution >= 4 is 22.7 Å². The van der Waals surface area contributed by atoms with Crippen LogP contribution in [0.1, 0.15) is 12.1 Å². The molecule has 0 spiro atoms. The van der Waals surface area contributed by atoms with Crippen LogP contribution in [0.3, 0.4) is 0 Å². The zero-order chi connectivity index (χ0) is 15.5. The topological polar surface area (TPSA) is 31.4 Å². The van der Waals surface area contributed by atoms with E-state index in [4.69, 9.17) is 14.5 Å². The molecule has 0 unspecified atom stereocenters. The molecule has 1 aromatic heterocycles. The molecule has 0 bridgehead atoms. The van der Waals surface area contributed by atoms with Crippen molar-refractivity contribution < 1.29 is 9.47 Å². The van der Waals surface area contributed by atoms with Gasteiger partial charge in [-0.25, -0.2) is 0 Å². The summed E-state index contributed by atoms with van der Waals surface area (Å²) in [7, 11) is 0. The lowest BCUT2D eigenvalue weighted by Crippen LogP contribution is -1.97. The highest BCUT2D eigenvalue weighted by Gasteiger charge is 2.11. The highest BCUT2D eigenvalue weighted by molar-refractivity contribution is 7.98. The second kappa shape index (κ2) is 6.50. The van der Waals surface area contributed by atoms with Crippen LogP contribution in [-0.4, -0.2) is 18.2 Å². The second-order valence-electron chi connectivity index (χ2n) is 5.44. The van der Waals surface area contributed by atoms with Crippen molar-refractivity contribution in [1.29, 1.82) is 0 Å². The van der Waals surface area contributed by atoms with Crippen molar-refractivity contribution in [2.24, 2.45) is 0 Å². The van der Waals surface area contributed by atoms with E-state index < -0.39 is 0 Å². The van der Waals surface area contributed by atoms with Crippen LogP contribution < -0.4 is 9.47 Å². The van der Waals surface area contributed by atoms with E-state index in [1.807, 2.05) is 18.2 Å². The molecule has 0 amide bonds. The number of para-hydroxylation sites is 1. The van der Waals surface area contributed by atoms with E-state index in [2.05, 4.69) is 36.4 Å². The van der Waals surface area contributed by atoms with E-state index in [0.717, 1.165) is 41.5 Å². The third-order valence-electron chi connectivity index (χ3n) is 3.76. The number of hydrogen-bond acceptors (Lipinski definition) is 4. The van der Waals surface area contributed by atoms with E-state index in [1.54, 1.807) is 11.8 Å². The van der Waals surface area contributed by atoms with E-state index in [1.165, 1.54) is 10.3 Å². The summed E-state index contributed by atoms with van der Waals surface area (Å²) in [6.07, 6.45) is 0.929. The number of fused-ring (bicyclic) bond motifs is 2. The first-order valence-corrected chi connectivity index (χ1v) is 8.74. The third-order valence-corrected chi connectivity index (χ3v) is 4.79. The van der Waals surface area contributed by atoms with Crippen molar-refractivity contribution in [3.05, 3.63) is 60.3 Å². The Labute approximate surface area is 139 Å². The highest BCUT2D eigenvalue weighted by atomic mass is 32.2. The predicted octanol–water partition coefficient (Wildman–Crippen LogP) is 4.69. The molecule has 0 saturated carbocycles. The molecule has 0 N–H and O–H groups in total. The summed E-state index contributed by atoms with van der Waals surface area (Å²) in [4.78, 5) is 5.89. The molecular formula is C19H17NO2S. The maximum atomic E-state index is 5.74. The zero-order valence-electron chi connectivity index (χ0n) is 12.7. The fraction of sp³-hybridized carbons (Fsp3) is 0.211. The molecule has 3 aromatic rings. The van der Waals surface area contributed by atoms with Crippen LogP contribution in [0.5, 0.6) is 11.5 Å². The molecule has 0 radical (unpaired) electrons. The number of aromatic nitrogens is 1. The first kappa shape index (κ1) is 14.4. The van der Waals surface area contributed by atoms with Gasteiger partial charge in [0.1, 0.15) is 0 Å². The molecule has 0 aliphatic carbocycles. The van der Waals surface area contributed by atoms with Gasteiger partial charge in [-0.3, -0.25) is 4.98 Å². The minimum atomic E-state index is 0.716. The predicted molar refractivity (Wildman–Crippen MR) is 93.4 cm³/mol. The van der Waals surface area contributed by atoms with Gasteiger partial charge < -0.3 is 9.47 Å². The summed E-state index contributed by atoms with van der Waals surface area (Å²) in [6.45, 7) is 1.44. The average Bonchev–Trinajstić information content (AvgIpc) is 2.84.